The molecule has 0 spiro atoms. The van der Waals surface area contributed by atoms with Crippen molar-refractivity contribution in [1.82, 2.24) is 19.8 Å². The summed E-state index contributed by atoms with van der Waals surface area (Å²) in [5.41, 5.74) is 0. The van der Waals surface area contributed by atoms with Gasteiger partial charge >= 0.3 is 0 Å². The van der Waals surface area contributed by atoms with Gasteiger partial charge in [-0.05, 0) is 12.3 Å². The van der Waals surface area contributed by atoms with Crippen LogP contribution in [0.5, 0.6) is 0 Å². The van der Waals surface area contributed by atoms with Crippen molar-refractivity contribution in [2.75, 3.05) is 19.6 Å². The smallest absolute Gasteiger partial charge is 0.224 e. The Balaban J connectivity index is 1.55. The van der Waals surface area contributed by atoms with E-state index in [-0.39, 0.29) is 5.91 Å². The van der Waals surface area contributed by atoms with Gasteiger partial charge in [-0.15, -0.1) is 0 Å². The third-order valence-electron chi connectivity index (χ3n) is 3.91. The highest BCUT2D eigenvalue weighted by Gasteiger charge is 2.39. The predicted octanol–water partition coefficient (Wildman–Crippen LogP) is 0.0935. The average molecular weight is 234 g/mol. The fourth-order valence-corrected chi connectivity index (χ4v) is 2.95. The lowest BCUT2D eigenvalue weighted by Gasteiger charge is -2.23. The van der Waals surface area contributed by atoms with Gasteiger partial charge in [0.1, 0.15) is 0 Å². The second kappa shape index (κ2) is 4.49. The van der Waals surface area contributed by atoms with E-state index in [2.05, 4.69) is 15.2 Å². The maximum absolute atomic E-state index is 12.1. The first-order valence-corrected chi connectivity index (χ1v) is 6.30. The van der Waals surface area contributed by atoms with Crippen LogP contribution in [0, 0.1) is 5.92 Å². The number of imidazole rings is 1. The minimum Gasteiger partial charge on any atom is -0.338 e. The summed E-state index contributed by atoms with van der Waals surface area (Å²) in [6.07, 6.45) is 7.15. The molecule has 17 heavy (non-hydrogen) atoms. The number of carbonyl (C=O) groups is 1. The minimum absolute atomic E-state index is 0.287. The predicted molar refractivity (Wildman–Crippen MR) is 63.3 cm³/mol. The molecule has 1 aromatic rings. The van der Waals surface area contributed by atoms with Gasteiger partial charge in [0.05, 0.1) is 6.33 Å². The van der Waals surface area contributed by atoms with Gasteiger partial charge < -0.3 is 14.8 Å². The molecule has 0 aliphatic carbocycles. The van der Waals surface area contributed by atoms with E-state index < -0.39 is 0 Å². The highest BCUT2D eigenvalue weighted by atomic mass is 16.2. The molecule has 2 fully saturated rings. The molecule has 1 aromatic heterocycles. The SMILES string of the molecule is O=C(CCn1ccnc1)N1CC[C@H]2CNC[C@H]21. The van der Waals surface area contributed by atoms with Crippen LogP contribution >= 0.6 is 0 Å². The second-order valence-corrected chi connectivity index (χ2v) is 4.91. The first-order chi connectivity index (χ1) is 8.34. The molecule has 2 saturated heterocycles. The molecular weight excluding hydrogens is 216 g/mol. The van der Waals surface area contributed by atoms with Crippen LogP contribution in [0.25, 0.3) is 0 Å². The lowest BCUT2D eigenvalue weighted by molar-refractivity contribution is -0.132. The largest absolute Gasteiger partial charge is 0.338 e. The number of amides is 1. The summed E-state index contributed by atoms with van der Waals surface area (Å²) < 4.78 is 1.96. The van der Waals surface area contributed by atoms with Gasteiger partial charge in [-0.25, -0.2) is 4.98 Å². The summed E-state index contributed by atoms with van der Waals surface area (Å²) >= 11 is 0. The Bertz CT molecular complexity index is 389. The highest BCUT2D eigenvalue weighted by molar-refractivity contribution is 5.77. The second-order valence-electron chi connectivity index (χ2n) is 4.91. The van der Waals surface area contributed by atoms with Crippen LogP contribution < -0.4 is 5.32 Å². The molecule has 5 heteroatoms. The lowest BCUT2D eigenvalue weighted by atomic mass is 10.1. The summed E-state index contributed by atoms with van der Waals surface area (Å²) in [7, 11) is 0. The van der Waals surface area contributed by atoms with E-state index in [4.69, 9.17) is 0 Å². The van der Waals surface area contributed by atoms with Gasteiger partial charge in [-0.1, -0.05) is 0 Å². The number of aromatic nitrogens is 2. The van der Waals surface area contributed by atoms with Crippen LogP contribution in [-0.4, -0.2) is 46.0 Å². The zero-order chi connectivity index (χ0) is 11.7. The number of hydrogen-bond acceptors (Lipinski definition) is 3. The Morgan fingerprint density at radius 1 is 1.47 bits per heavy atom. The molecule has 1 amide bonds. The summed E-state index contributed by atoms with van der Waals surface area (Å²) in [5.74, 6) is 0.974. The van der Waals surface area contributed by atoms with Gasteiger partial charge in [-0.3, -0.25) is 4.79 Å². The minimum atomic E-state index is 0.287. The van der Waals surface area contributed by atoms with Crippen molar-refractivity contribution in [2.45, 2.75) is 25.4 Å². The molecule has 0 saturated carbocycles. The third kappa shape index (κ3) is 2.07. The van der Waals surface area contributed by atoms with E-state index in [1.807, 2.05) is 10.8 Å². The van der Waals surface area contributed by atoms with Crippen molar-refractivity contribution in [3.63, 3.8) is 0 Å². The molecule has 2 atom stereocenters. The van der Waals surface area contributed by atoms with Crippen molar-refractivity contribution in [3.05, 3.63) is 18.7 Å². The fraction of sp³-hybridized carbons (Fsp3) is 0.667. The van der Waals surface area contributed by atoms with Crippen LogP contribution in [0.4, 0.5) is 0 Å². The maximum Gasteiger partial charge on any atom is 0.224 e. The summed E-state index contributed by atoms with van der Waals surface area (Å²) in [6.45, 7) is 3.73. The van der Waals surface area contributed by atoms with Crippen LogP contribution in [0.3, 0.4) is 0 Å². The van der Waals surface area contributed by atoms with E-state index >= 15 is 0 Å². The topological polar surface area (TPSA) is 50.2 Å². The number of fused-ring (bicyclic) bond motifs is 1. The highest BCUT2D eigenvalue weighted by Crippen LogP contribution is 2.27. The Labute approximate surface area is 101 Å². The molecule has 2 aliphatic rings. The number of carbonyl (C=O) groups excluding carboxylic acids is 1. The standard InChI is InChI=1S/C12H18N4O/c17-12(2-4-15-6-3-13-9-15)16-5-1-10-7-14-8-11(10)16/h3,6,9-11,14H,1-2,4-5,7-8H2/t10-,11+/m0/s1. The van der Waals surface area contributed by atoms with Crippen LogP contribution in [0.2, 0.25) is 0 Å². The van der Waals surface area contributed by atoms with Crippen molar-refractivity contribution < 1.29 is 4.79 Å². The number of hydrogen-bond donors (Lipinski definition) is 1. The summed E-state index contributed by atoms with van der Waals surface area (Å²) in [4.78, 5) is 18.2. The Morgan fingerprint density at radius 2 is 2.41 bits per heavy atom. The van der Waals surface area contributed by atoms with Gasteiger partial charge in [-0.2, -0.15) is 0 Å². The van der Waals surface area contributed by atoms with Gasteiger partial charge in [0.2, 0.25) is 5.91 Å². The van der Waals surface area contributed by atoms with E-state index in [1.54, 1.807) is 12.5 Å². The molecule has 0 radical (unpaired) electrons. The quantitative estimate of drug-likeness (QED) is 0.806. The number of likely N-dealkylation sites (tertiary alicyclic amines) is 1. The molecule has 92 valence electrons. The summed E-state index contributed by atoms with van der Waals surface area (Å²) in [5, 5.41) is 3.37. The summed E-state index contributed by atoms with van der Waals surface area (Å²) in [6, 6.07) is 0.449. The molecular formula is C12H18N4O. The monoisotopic (exact) mass is 234 g/mol. The van der Waals surface area contributed by atoms with Crippen LogP contribution in [0.15, 0.2) is 18.7 Å². The first kappa shape index (κ1) is 10.8. The van der Waals surface area contributed by atoms with E-state index in [9.17, 15) is 4.79 Å². The van der Waals surface area contributed by atoms with E-state index in [1.165, 1.54) is 0 Å². The average Bonchev–Trinajstić information content (AvgIpc) is 3.02. The Hall–Kier alpha value is -1.36. The maximum atomic E-state index is 12.1. The molecule has 0 aromatic carbocycles. The van der Waals surface area contributed by atoms with Crippen molar-refractivity contribution in [2.24, 2.45) is 5.92 Å². The molecule has 0 bridgehead atoms. The normalized spacial score (nSPS) is 27.4. The zero-order valence-electron chi connectivity index (χ0n) is 9.88. The van der Waals surface area contributed by atoms with Gasteiger partial charge in [0, 0.05) is 51.0 Å². The number of nitrogens with zero attached hydrogens (tertiary/aromatic N) is 3. The fourth-order valence-electron chi connectivity index (χ4n) is 2.95. The Morgan fingerprint density at radius 3 is 3.24 bits per heavy atom. The van der Waals surface area contributed by atoms with Crippen LogP contribution in [0.1, 0.15) is 12.8 Å². The number of nitrogens with one attached hydrogen (secondary N) is 1. The van der Waals surface area contributed by atoms with Gasteiger partial charge in [0.25, 0.3) is 0 Å². The Kier molecular flexibility index (Phi) is 2.84. The van der Waals surface area contributed by atoms with Crippen molar-refractivity contribution in [1.29, 1.82) is 0 Å². The van der Waals surface area contributed by atoms with E-state index in [0.717, 1.165) is 32.6 Å². The molecule has 1 N–H and O–H groups in total. The molecule has 2 aliphatic heterocycles. The lowest BCUT2D eigenvalue weighted by Crippen LogP contribution is -2.39. The molecule has 5 nitrogen and oxygen atoms in total. The van der Waals surface area contributed by atoms with Crippen molar-refractivity contribution >= 4 is 5.91 Å². The number of rotatable bonds is 3. The van der Waals surface area contributed by atoms with Crippen molar-refractivity contribution in [3.8, 4) is 0 Å². The molecule has 3 heterocycles. The number of aryl methyl sites for hydroxylation is 1. The van der Waals surface area contributed by atoms with E-state index in [0.29, 0.717) is 18.4 Å². The molecule has 3 rings (SSSR count). The first-order valence-electron chi connectivity index (χ1n) is 6.30. The van der Waals surface area contributed by atoms with Gasteiger partial charge in [0.15, 0.2) is 0 Å². The molecule has 0 unspecified atom stereocenters. The third-order valence-corrected chi connectivity index (χ3v) is 3.91. The zero-order valence-corrected chi connectivity index (χ0v) is 9.88. The van der Waals surface area contributed by atoms with Crippen LogP contribution in [-0.2, 0) is 11.3 Å².